The van der Waals surface area contributed by atoms with Gasteiger partial charge in [0.25, 0.3) is 0 Å². The highest BCUT2D eigenvalue weighted by Crippen LogP contribution is 2.26. The van der Waals surface area contributed by atoms with E-state index in [0.717, 1.165) is 6.42 Å². The van der Waals surface area contributed by atoms with Crippen molar-refractivity contribution in [2.75, 3.05) is 0 Å². The van der Waals surface area contributed by atoms with E-state index in [1.807, 2.05) is 17.8 Å². The highest BCUT2D eigenvalue weighted by atomic mass is 32.2. The van der Waals surface area contributed by atoms with E-state index in [2.05, 4.69) is 68.4 Å². The molecule has 0 aliphatic heterocycles. The van der Waals surface area contributed by atoms with E-state index in [1.165, 1.54) is 10.5 Å². The molecule has 0 fully saturated rings. The van der Waals surface area contributed by atoms with Gasteiger partial charge in [0.05, 0.1) is 12.7 Å². The van der Waals surface area contributed by atoms with E-state index < -0.39 is 0 Å². The summed E-state index contributed by atoms with van der Waals surface area (Å²) in [7, 11) is 0. The van der Waals surface area contributed by atoms with Gasteiger partial charge in [0.2, 0.25) is 0 Å². The number of rotatable bonds is 7. The molecule has 106 valence electrons. The molecule has 0 N–H and O–H groups in total. The molecular weight excluding hydrogens is 264 g/mol. The van der Waals surface area contributed by atoms with Gasteiger partial charge in [-0.15, -0.1) is 11.8 Å². The van der Waals surface area contributed by atoms with Crippen LogP contribution in [0.3, 0.4) is 0 Å². The van der Waals surface area contributed by atoms with Gasteiger partial charge in [-0.2, -0.15) is 0 Å². The summed E-state index contributed by atoms with van der Waals surface area (Å²) in [6, 6.07) is 20.9. The Morgan fingerprint density at radius 1 is 0.900 bits per heavy atom. The minimum atomic E-state index is 0.279. The van der Waals surface area contributed by atoms with Crippen LogP contribution < -0.4 is 0 Å². The Bertz CT molecular complexity index is 483. The van der Waals surface area contributed by atoms with Crippen molar-refractivity contribution in [3.05, 3.63) is 66.2 Å². The molecular formula is C18H22OS. The Morgan fingerprint density at radius 2 is 1.50 bits per heavy atom. The van der Waals surface area contributed by atoms with Crippen LogP contribution in [0.4, 0.5) is 0 Å². The van der Waals surface area contributed by atoms with Gasteiger partial charge in [-0.1, -0.05) is 55.5 Å². The minimum Gasteiger partial charge on any atom is -0.374 e. The van der Waals surface area contributed by atoms with E-state index >= 15 is 0 Å². The Balaban J connectivity index is 1.72. The molecule has 20 heavy (non-hydrogen) atoms. The molecule has 0 aromatic heterocycles. The number of hydrogen-bond donors (Lipinski definition) is 0. The van der Waals surface area contributed by atoms with Crippen LogP contribution in [0.1, 0.15) is 25.8 Å². The molecule has 0 amide bonds. The Morgan fingerprint density at radius 3 is 2.15 bits per heavy atom. The Kier molecular flexibility index (Phi) is 6.16. The monoisotopic (exact) mass is 286 g/mol. The summed E-state index contributed by atoms with van der Waals surface area (Å²) >= 11 is 1.91. The van der Waals surface area contributed by atoms with Gasteiger partial charge in [0, 0.05) is 10.1 Å². The number of thioether (sulfide) groups is 1. The molecule has 1 nitrogen and oxygen atoms in total. The van der Waals surface area contributed by atoms with Crippen LogP contribution in [0.25, 0.3) is 0 Å². The molecule has 2 atom stereocenters. The number of ether oxygens (including phenoxy) is 1. The molecule has 0 heterocycles. The summed E-state index contributed by atoms with van der Waals surface area (Å²) in [5.41, 5.74) is 1.24. The Labute approximate surface area is 126 Å². The highest BCUT2D eigenvalue weighted by molar-refractivity contribution is 7.99. The standard InChI is InChI=1S/C18H22OS/c1-15(19-14-17-9-5-3-6-10-17)13-16(2)20-18-11-7-4-8-12-18/h3-12,15-16H,13-14H2,1-2H3/t15-,16-/m0/s1. The molecule has 2 rings (SSSR count). The van der Waals surface area contributed by atoms with Crippen LogP contribution >= 0.6 is 11.8 Å². The van der Waals surface area contributed by atoms with Crippen LogP contribution in [0.5, 0.6) is 0 Å². The smallest absolute Gasteiger partial charge is 0.0720 e. The first kappa shape index (κ1) is 15.1. The van der Waals surface area contributed by atoms with E-state index in [4.69, 9.17) is 4.74 Å². The van der Waals surface area contributed by atoms with Crippen LogP contribution in [0.2, 0.25) is 0 Å². The van der Waals surface area contributed by atoms with Crippen molar-refractivity contribution in [3.8, 4) is 0 Å². The van der Waals surface area contributed by atoms with Gasteiger partial charge in [-0.05, 0) is 31.0 Å². The zero-order chi connectivity index (χ0) is 14.2. The van der Waals surface area contributed by atoms with E-state index in [-0.39, 0.29) is 6.10 Å². The summed E-state index contributed by atoms with van der Waals surface area (Å²) in [5, 5.41) is 0.558. The minimum absolute atomic E-state index is 0.279. The van der Waals surface area contributed by atoms with E-state index in [0.29, 0.717) is 11.9 Å². The van der Waals surface area contributed by atoms with Gasteiger partial charge in [0.1, 0.15) is 0 Å². The first-order valence-corrected chi connectivity index (χ1v) is 7.99. The van der Waals surface area contributed by atoms with Crippen molar-refractivity contribution >= 4 is 11.8 Å². The van der Waals surface area contributed by atoms with Crippen molar-refractivity contribution in [1.82, 2.24) is 0 Å². The quantitative estimate of drug-likeness (QED) is 0.650. The molecule has 0 saturated heterocycles. The van der Waals surface area contributed by atoms with Crippen molar-refractivity contribution in [2.45, 2.75) is 43.1 Å². The molecule has 0 bridgehead atoms. The maximum atomic E-state index is 5.92. The summed E-state index contributed by atoms with van der Waals surface area (Å²) in [5.74, 6) is 0. The van der Waals surface area contributed by atoms with E-state index in [9.17, 15) is 0 Å². The second kappa shape index (κ2) is 8.13. The summed E-state index contributed by atoms with van der Waals surface area (Å²) < 4.78 is 5.92. The third-order valence-electron chi connectivity index (χ3n) is 3.12. The van der Waals surface area contributed by atoms with Crippen LogP contribution in [0.15, 0.2) is 65.6 Å². The average Bonchev–Trinajstić information content (AvgIpc) is 2.47. The maximum Gasteiger partial charge on any atom is 0.0720 e. The molecule has 2 heteroatoms. The summed E-state index contributed by atoms with van der Waals surface area (Å²) in [6.07, 6.45) is 1.34. The number of hydrogen-bond acceptors (Lipinski definition) is 2. The van der Waals surface area contributed by atoms with Crippen molar-refractivity contribution in [1.29, 1.82) is 0 Å². The summed E-state index contributed by atoms with van der Waals surface area (Å²) in [6.45, 7) is 5.12. The largest absolute Gasteiger partial charge is 0.374 e. The number of benzene rings is 2. The van der Waals surface area contributed by atoms with Gasteiger partial charge in [0.15, 0.2) is 0 Å². The van der Waals surface area contributed by atoms with Crippen molar-refractivity contribution < 1.29 is 4.74 Å². The molecule has 0 aliphatic rings. The first-order valence-electron chi connectivity index (χ1n) is 7.11. The zero-order valence-electron chi connectivity index (χ0n) is 12.2. The molecule has 0 unspecified atom stereocenters. The van der Waals surface area contributed by atoms with Gasteiger partial charge in [-0.3, -0.25) is 0 Å². The predicted molar refractivity (Wildman–Crippen MR) is 87.1 cm³/mol. The van der Waals surface area contributed by atoms with Crippen molar-refractivity contribution in [2.24, 2.45) is 0 Å². The average molecular weight is 286 g/mol. The third kappa shape index (κ3) is 5.40. The summed E-state index contributed by atoms with van der Waals surface area (Å²) in [4.78, 5) is 1.33. The SMILES string of the molecule is C[C@@H](C[C@H](C)Sc1ccccc1)OCc1ccccc1. The molecule has 0 spiro atoms. The fourth-order valence-corrected chi connectivity index (χ4v) is 3.27. The Hall–Kier alpha value is -1.25. The molecule has 2 aromatic rings. The van der Waals surface area contributed by atoms with Crippen LogP contribution in [0, 0.1) is 0 Å². The second-order valence-electron chi connectivity index (χ2n) is 5.08. The lowest BCUT2D eigenvalue weighted by Crippen LogP contribution is -2.13. The lowest BCUT2D eigenvalue weighted by molar-refractivity contribution is 0.0481. The van der Waals surface area contributed by atoms with Gasteiger partial charge < -0.3 is 4.74 Å². The first-order chi connectivity index (χ1) is 9.74. The fourth-order valence-electron chi connectivity index (χ4n) is 2.13. The normalized spacial score (nSPS) is 13.9. The maximum absolute atomic E-state index is 5.92. The molecule has 2 aromatic carbocycles. The molecule has 0 radical (unpaired) electrons. The lowest BCUT2D eigenvalue weighted by atomic mass is 10.2. The van der Waals surface area contributed by atoms with Gasteiger partial charge >= 0.3 is 0 Å². The molecule has 0 aliphatic carbocycles. The van der Waals surface area contributed by atoms with Gasteiger partial charge in [-0.25, -0.2) is 0 Å². The second-order valence-corrected chi connectivity index (χ2v) is 6.60. The fraction of sp³-hybridized carbons (Fsp3) is 0.333. The van der Waals surface area contributed by atoms with Crippen molar-refractivity contribution in [3.63, 3.8) is 0 Å². The predicted octanol–water partition coefficient (Wildman–Crippen LogP) is 5.16. The van der Waals surface area contributed by atoms with Crippen LogP contribution in [-0.4, -0.2) is 11.4 Å². The zero-order valence-corrected chi connectivity index (χ0v) is 13.0. The lowest BCUT2D eigenvalue weighted by Gasteiger charge is -2.18. The van der Waals surface area contributed by atoms with E-state index in [1.54, 1.807) is 0 Å². The molecule has 0 saturated carbocycles. The third-order valence-corrected chi connectivity index (χ3v) is 4.26. The topological polar surface area (TPSA) is 9.23 Å². The van der Waals surface area contributed by atoms with Crippen LogP contribution in [-0.2, 0) is 11.3 Å². The highest BCUT2D eigenvalue weighted by Gasteiger charge is 2.10.